The van der Waals surface area contributed by atoms with Crippen LogP contribution in [0.5, 0.6) is 5.75 Å². The van der Waals surface area contributed by atoms with Gasteiger partial charge in [0.1, 0.15) is 5.75 Å². The lowest BCUT2D eigenvalue weighted by molar-refractivity contribution is 0.319. The minimum Gasteiger partial charge on any atom is -0.491 e. The van der Waals surface area contributed by atoms with Gasteiger partial charge in [0.2, 0.25) is 0 Å². The van der Waals surface area contributed by atoms with Crippen LogP contribution in [0, 0.1) is 0 Å². The Morgan fingerprint density at radius 3 is 2.74 bits per heavy atom. The van der Waals surface area contributed by atoms with Crippen LogP contribution in [0.15, 0.2) is 30.5 Å². The molecule has 0 spiro atoms. The quantitative estimate of drug-likeness (QED) is 0.838. The van der Waals surface area contributed by atoms with Crippen molar-refractivity contribution in [2.24, 2.45) is 0 Å². The molecule has 2 aromatic rings. The monoisotopic (exact) mass is 259 g/mol. The predicted molar refractivity (Wildman–Crippen MR) is 77.9 cm³/mol. The van der Waals surface area contributed by atoms with Crippen LogP contribution in [0.3, 0.4) is 0 Å². The molecule has 1 heterocycles. The van der Waals surface area contributed by atoms with E-state index in [4.69, 9.17) is 10.5 Å². The van der Waals surface area contributed by atoms with Gasteiger partial charge in [-0.05, 0) is 30.5 Å². The maximum Gasteiger partial charge on any atom is 0.144 e. The Balaban J connectivity index is 2.28. The van der Waals surface area contributed by atoms with Gasteiger partial charge in [-0.1, -0.05) is 20.8 Å². The topological polar surface area (TPSA) is 53.1 Å². The van der Waals surface area contributed by atoms with Gasteiger partial charge in [0.15, 0.2) is 0 Å². The zero-order valence-corrected chi connectivity index (χ0v) is 11.8. The smallest absolute Gasteiger partial charge is 0.144 e. The number of nitrogens with two attached hydrogens (primary N) is 1. The molecule has 1 aromatic heterocycles. The Morgan fingerprint density at radius 1 is 1.32 bits per heavy atom. The second-order valence-corrected chi connectivity index (χ2v) is 4.91. The maximum absolute atomic E-state index is 5.91. The summed E-state index contributed by atoms with van der Waals surface area (Å²) >= 11 is 0. The summed E-state index contributed by atoms with van der Waals surface area (Å²) in [6.45, 7) is 7.00. The van der Waals surface area contributed by atoms with Crippen LogP contribution in [0.1, 0.15) is 38.8 Å². The van der Waals surface area contributed by atoms with E-state index in [9.17, 15) is 0 Å². The van der Waals surface area contributed by atoms with E-state index in [1.165, 1.54) is 0 Å². The van der Waals surface area contributed by atoms with E-state index < -0.39 is 0 Å². The summed E-state index contributed by atoms with van der Waals surface area (Å²) < 4.78 is 7.49. The molecular formula is C15H21N3O. The first kappa shape index (κ1) is 13.5. The molecule has 0 bridgehead atoms. The Labute approximate surface area is 114 Å². The van der Waals surface area contributed by atoms with Gasteiger partial charge in [0.05, 0.1) is 23.7 Å². The first-order valence-electron chi connectivity index (χ1n) is 6.70. The van der Waals surface area contributed by atoms with Crippen LogP contribution in [0.2, 0.25) is 0 Å². The number of nitrogen functional groups attached to an aromatic ring is 1. The average molecular weight is 259 g/mol. The van der Waals surface area contributed by atoms with Crippen LogP contribution in [-0.4, -0.2) is 16.4 Å². The fourth-order valence-electron chi connectivity index (χ4n) is 1.79. The van der Waals surface area contributed by atoms with Crippen molar-refractivity contribution in [2.45, 2.75) is 33.1 Å². The normalized spacial score (nSPS) is 10.9. The predicted octanol–water partition coefficient (Wildman–Crippen LogP) is 3.37. The molecule has 0 saturated carbocycles. The number of rotatable bonds is 5. The molecule has 0 aliphatic carbocycles. The molecule has 0 atom stereocenters. The first-order chi connectivity index (χ1) is 9.11. The zero-order valence-electron chi connectivity index (χ0n) is 11.8. The van der Waals surface area contributed by atoms with Gasteiger partial charge in [-0.3, -0.25) is 0 Å². The van der Waals surface area contributed by atoms with Crippen LogP contribution in [0.25, 0.3) is 5.69 Å². The van der Waals surface area contributed by atoms with E-state index in [-0.39, 0.29) is 0 Å². The maximum atomic E-state index is 5.91. The highest BCUT2D eigenvalue weighted by molar-refractivity contribution is 5.57. The van der Waals surface area contributed by atoms with Crippen molar-refractivity contribution in [1.29, 1.82) is 0 Å². The van der Waals surface area contributed by atoms with Crippen LogP contribution >= 0.6 is 0 Å². The minimum atomic E-state index is 0.422. The molecular weight excluding hydrogens is 238 g/mol. The van der Waals surface area contributed by atoms with Gasteiger partial charge in [0, 0.05) is 12.3 Å². The van der Waals surface area contributed by atoms with Gasteiger partial charge >= 0.3 is 0 Å². The SMILES string of the molecule is CCCOc1cc(-n2ccc(C(C)C)n2)ccc1N. The Hall–Kier alpha value is -1.97. The summed E-state index contributed by atoms with van der Waals surface area (Å²) in [4.78, 5) is 0. The van der Waals surface area contributed by atoms with Crippen molar-refractivity contribution < 1.29 is 4.74 Å². The molecule has 0 amide bonds. The summed E-state index contributed by atoms with van der Waals surface area (Å²) in [5, 5.41) is 4.55. The van der Waals surface area contributed by atoms with Gasteiger partial charge in [-0.2, -0.15) is 5.10 Å². The third kappa shape index (κ3) is 3.08. The molecule has 0 fully saturated rings. The molecule has 2 N–H and O–H groups in total. The first-order valence-corrected chi connectivity index (χ1v) is 6.70. The molecule has 4 nitrogen and oxygen atoms in total. The van der Waals surface area contributed by atoms with E-state index in [0.717, 1.165) is 23.6 Å². The number of nitrogens with zero attached hydrogens (tertiary/aromatic N) is 2. The van der Waals surface area contributed by atoms with Crippen molar-refractivity contribution in [3.63, 3.8) is 0 Å². The van der Waals surface area contributed by atoms with E-state index in [1.54, 1.807) is 0 Å². The molecule has 0 unspecified atom stereocenters. The van der Waals surface area contributed by atoms with E-state index >= 15 is 0 Å². The number of benzene rings is 1. The number of anilines is 1. The highest BCUT2D eigenvalue weighted by Crippen LogP contribution is 2.25. The Kier molecular flexibility index (Phi) is 4.10. The van der Waals surface area contributed by atoms with Crippen LogP contribution in [-0.2, 0) is 0 Å². The zero-order chi connectivity index (χ0) is 13.8. The van der Waals surface area contributed by atoms with Crippen LogP contribution < -0.4 is 10.5 Å². The van der Waals surface area contributed by atoms with E-state index in [2.05, 4.69) is 25.9 Å². The summed E-state index contributed by atoms with van der Waals surface area (Å²) in [5.74, 6) is 1.15. The lowest BCUT2D eigenvalue weighted by atomic mass is 10.1. The summed E-state index contributed by atoms with van der Waals surface area (Å²) in [6, 6.07) is 7.78. The van der Waals surface area contributed by atoms with Gasteiger partial charge in [0.25, 0.3) is 0 Å². The highest BCUT2D eigenvalue weighted by Gasteiger charge is 2.07. The van der Waals surface area contributed by atoms with Gasteiger partial charge in [-0.15, -0.1) is 0 Å². The van der Waals surface area contributed by atoms with Crippen molar-refractivity contribution in [3.8, 4) is 11.4 Å². The standard InChI is InChI=1S/C15H21N3O/c1-4-9-19-15-10-12(5-6-13(15)16)18-8-7-14(17-18)11(2)3/h5-8,10-11H,4,9,16H2,1-3H3. The van der Waals surface area contributed by atoms with E-state index in [0.29, 0.717) is 18.2 Å². The number of aromatic nitrogens is 2. The summed E-state index contributed by atoms with van der Waals surface area (Å²) in [6.07, 6.45) is 2.92. The summed E-state index contributed by atoms with van der Waals surface area (Å²) in [5.41, 5.74) is 8.61. The fraction of sp³-hybridized carbons (Fsp3) is 0.400. The van der Waals surface area contributed by atoms with Crippen molar-refractivity contribution >= 4 is 5.69 Å². The minimum absolute atomic E-state index is 0.422. The second kappa shape index (κ2) is 5.78. The molecule has 102 valence electrons. The largest absolute Gasteiger partial charge is 0.491 e. The van der Waals surface area contributed by atoms with Crippen LogP contribution in [0.4, 0.5) is 5.69 Å². The van der Waals surface area contributed by atoms with Gasteiger partial charge in [-0.25, -0.2) is 4.68 Å². The van der Waals surface area contributed by atoms with Crippen molar-refractivity contribution in [2.75, 3.05) is 12.3 Å². The van der Waals surface area contributed by atoms with Gasteiger partial charge < -0.3 is 10.5 Å². The Bertz CT molecular complexity index is 546. The van der Waals surface area contributed by atoms with Crippen molar-refractivity contribution in [3.05, 3.63) is 36.2 Å². The highest BCUT2D eigenvalue weighted by atomic mass is 16.5. The molecule has 0 radical (unpaired) electrons. The lowest BCUT2D eigenvalue weighted by Gasteiger charge is -2.10. The fourth-order valence-corrected chi connectivity index (χ4v) is 1.79. The molecule has 19 heavy (non-hydrogen) atoms. The number of hydrogen-bond acceptors (Lipinski definition) is 3. The van der Waals surface area contributed by atoms with Crippen molar-refractivity contribution in [1.82, 2.24) is 9.78 Å². The molecule has 2 rings (SSSR count). The molecule has 1 aromatic carbocycles. The average Bonchev–Trinajstić information content (AvgIpc) is 2.87. The van der Waals surface area contributed by atoms with E-state index in [1.807, 2.05) is 35.1 Å². The third-order valence-corrected chi connectivity index (χ3v) is 2.92. The number of ether oxygens (including phenoxy) is 1. The third-order valence-electron chi connectivity index (χ3n) is 2.92. The summed E-state index contributed by atoms with van der Waals surface area (Å²) in [7, 11) is 0. The molecule has 0 aliphatic heterocycles. The molecule has 4 heteroatoms. The second-order valence-electron chi connectivity index (χ2n) is 4.91. The molecule has 0 aliphatic rings. The Morgan fingerprint density at radius 2 is 2.11 bits per heavy atom. The molecule has 0 saturated heterocycles. The lowest BCUT2D eigenvalue weighted by Crippen LogP contribution is -2.02. The number of hydrogen-bond donors (Lipinski definition) is 1.